The van der Waals surface area contributed by atoms with Crippen molar-refractivity contribution in [3.05, 3.63) is 124 Å². The van der Waals surface area contributed by atoms with Gasteiger partial charge in [-0.25, -0.2) is 0 Å². The van der Waals surface area contributed by atoms with E-state index in [9.17, 15) is 9.59 Å². The fourth-order valence-corrected chi connectivity index (χ4v) is 5.08. The summed E-state index contributed by atoms with van der Waals surface area (Å²) in [7, 11) is 0. The molecule has 0 saturated heterocycles. The minimum Gasteiger partial charge on any atom is -0.480 e. The van der Waals surface area contributed by atoms with E-state index >= 15 is 0 Å². The zero-order valence-corrected chi connectivity index (χ0v) is 31.6. The summed E-state index contributed by atoms with van der Waals surface area (Å²) in [4.78, 5) is 22.9. The zero-order valence-electron chi connectivity index (χ0n) is 30.1. The second-order valence-corrected chi connectivity index (χ2v) is 12.5. The standard InChI is InChI=1S/C18H18Cl2O3.C18H20O2.C4H8O.C2H6/c1-3-17(21)22-12(2)18(13-7-5-4-6-8-13)23-16-10-9-14(19)11-15(16)20;1-3-18(19)20-14(2)12-15-8-7-11-17(13-15)16-9-5-4-6-10-16;5-3-4-1-2-4;1-2/h4-12,18H,3H2,1-2H3;4-11,13-14H,3,12H2,1-2H3;4-5H,1-3H2;1-2H3/t12?,18-;;;/m1.../s1. The maximum Gasteiger partial charge on any atom is 0.305 e. The highest BCUT2D eigenvalue weighted by molar-refractivity contribution is 6.35. The molecule has 6 nitrogen and oxygen atoms in total. The Kier molecular flexibility index (Phi) is 19.9. The molecular formula is C42H52Cl2O6. The van der Waals surface area contributed by atoms with Crippen molar-refractivity contribution in [2.45, 2.75) is 92.0 Å². The van der Waals surface area contributed by atoms with E-state index in [4.69, 9.17) is 42.5 Å². The second kappa shape index (κ2) is 23.5. The summed E-state index contributed by atoms with van der Waals surface area (Å²) >= 11 is 12.1. The Morgan fingerprint density at radius 1 is 0.760 bits per heavy atom. The average molecular weight is 724 g/mol. The number of hydrogen-bond donors (Lipinski definition) is 1. The number of rotatable bonds is 12. The number of hydrogen-bond acceptors (Lipinski definition) is 6. The van der Waals surface area contributed by atoms with Crippen LogP contribution in [-0.4, -0.2) is 35.9 Å². The van der Waals surface area contributed by atoms with Gasteiger partial charge in [0.25, 0.3) is 0 Å². The highest BCUT2D eigenvalue weighted by Crippen LogP contribution is 2.33. The Labute approximate surface area is 308 Å². The van der Waals surface area contributed by atoms with Gasteiger partial charge in [0, 0.05) is 30.9 Å². The molecule has 8 heteroatoms. The molecule has 1 saturated carbocycles. The molecule has 3 atom stereocenters. The van der Waals surface area contributed by atoms with Gasteiger partial charge in [0.1, 0.15) is 18.0 Å². The minimum absolute atomic E-state index is 0.0894. The molecule has 0 radical (unpaired) electrons. The van der Waals surface area contributed by atoms with Crippen LogP contribution in [0.5, 0.6) is 5.75 Å². The molecule has 1 aliphatic rings. The predicted octanol–water partition coefficient (Wildman–Crippen LogP) is 11.1. The molecule has 0 amide bonds. The Hall–Kier alpha value is -3.84. The van der Waals surface area contributed by atoms with Crippen molar-refractivity contribution in [3.8, 4) is 16.9 Å². The van der Waals surface area contributed by atoms with E-state index in [1.807, 2.05) is 82.3 Å². The predicted molar refractivity (Wildman–Crippen MR) is 205 cm³/mol. The first-order valence-electron chi connectivity index (χ1n) is 17.4. The minimum atomic E-state index is -0.467. The summed E-state index contributed by atoms with van der Waals surface area (Å²) in [5.74, 6) is 0.764. The van der Waals surface area contributed by atoms with Crippen LogP contribution in [0.25, 0.3) is 11.1 Å². The fraction of sp³-hybridized carbons (Fsp3) is 0.381. The van der Waals surface area contributed by atoms with Crippen LogP contribution in [0.1, 0.15) is 84.5 Å². The van der Waals surface area contributed by atoms with Gasteiger partial charge in [0.15, 0.2) is 6.10 Å². The Bertz CT molecular complexity index is 1540. The van der Waals surface area contributed by atoms with Crippen LogP contribution in [0.3, 0.4) is 0 Å². The first kappa shape index (κ1) is 42.3. The molecule has 1 N–H and O–H groups in total. The Balaban J connectivity index is 0.000000293. The molecule has 0 heterocycles. The van der Waals surface area contributed by atoms with Gasteiger partial charge >= 0.3 is 11.9 Å². The third-order valence-electron chi connectivity index (χ3n) is 7.44. The molecule has 270 valence electrons. The van der Waals surface area contributed by atoms with Crippen LogP contribution in [0.15, 0.2) is 103 Å². The van der Waals surface area contributed by atoms with Crippen LogP contribution in [0.4, 0.5) is 0 Å². The molecule has 4 aromatic rings. The van der Waals surface area contributed by atoms with Crippen molar-refractivity contribution in [1.29, 1.82) is 0 Å². The lowest BCUT2D eigenvalue weighted by molar-refractivity contribution is -0.152. The van der Waals surface area contributed by atoms with E-state index in [0.717, 1.165) is 12.0 Å². The van der Waals surface area contributed by atoms with E-state index in [0.29, 0.717) is 41.2 Å². The Morgan fingerprint density at radius 3 is 1.88 bits per heavy atom. The van der Waals surface area contributed by atoms with Gasteiger partial charge in [0.05, 0.1) is 5.02 Å². The maximum atomic E-state index is 11.6. The third kappa shape index (κ3) is 15.8. The number of benzene rings is 4. The molecule has 5 rings (SSSR count). The van der Waals surface area contributed by atoms with Crippen LogP contribution < -0.4 is 4.74 Å². The molecular weight excluding hydrogens is 671 g/mol. The SMILES string of the molecule is CC.CCC(=O)OC(C)Cc1cccc(-c2ccccc2)c1.CCC(=O)OC(C)[C@@H](Oc1ccc(Cl)cc1Cl)c1ccccc1.OCC1CC1. The molecule has 50 heavy (non-hydrogen) atoms. The van der Waals surface area contributed by atoms with Crippen molar-refractivity contribution in [2.24, 2.45) is 5.92 Å². The van der Waals surface area contributed by atoms with Gasteiger partial charge in [-0.05, 0) is 73.1 Å². The summed E-state index contributed by atoms with van der Waals surface area (Å²) in [6.07, 6.45) is 2.98. The van der Waals surface area contributed by atoms with E-state index in [1.165, 1.54) is 29.5 Å². The largest absolute Gasteiger partial charge is 0.480 e. The summed E-state index contributed by atoms with van der Waals surface area (Å²) in [5, 5.41) is 9.15. The normalized spacial score (nSPS) is 13.3. The molecule has 1 fully saturated rings. The lowest BCUT2D eigenvalue weighted by Crippen LogP contribution is -2.26. The van der Waals surface area contributed by atoms with Crippen molar-refractivity contribution < 1.29 is 28.9 Å². The van der Waals surface area contributed by atoms with Gasteiger partial charge in [-0.2, -0.15) is 0 Å². The maximum absolute atomic E-state index is 11.6. The lowest BCUT2D eigenvalue weighted by Gasteiger charge is -2.26. The molecule has 2 unspecified atom stereocenters. The van der Waals surface area contributed by atoms with Crippen LogP contribution in [0.2, 0.25) is 10.0 Å². The highest BCUT2D eigenvalue weighted by atomic mass is 35.5. The van der Waals surface area contributed by atoms with Crippen molar-refractivity contribution in [1.82, 2.24) is 0 Å². The first-order valence-corrected chi connectivity index (χ1v) is 18.2. The summed E-state index contributed by atoms with van der Waals surface area (Å²) in [5.41, 5.74) is 4.47. The number of carbonyl (C=O) groups is 2. The lowest BCUT2D eigenvalue weighted by atomic mass is 10.0. The van der Waals surface area contributed by atoms with Crippen LogP contribution >= 0.6 is 23.2 Å². The van der Waals surface area contributed by atoms with E-state index < -0.39 is 12.2 Å². The van der Waals surface area contributed by atoms with E-state index in [-0.39, 0.29) is 18.0 Å². The quantitative estimate of drug-likeness (QED) is 0.147. The second-order valence-electron chi connectivity index (χ2n) is 11.6. The van der Waals surface area contributed by atoms with Gasteiger partial charge in [0.2, 0.25) is 0 Å². The third-order valence-corrected chi connectivity index (χ3v) is 7.97. The number of aliphatic hydroxyl groups is 1. The average Bonchev–Trinajstić information content (AvgIpc) is 3.98. The molecule has 0 aromatic heterocycles. The van der Waals surface area contributed by atoms with Gasteiger partial charge in [-0.1, -0.05) is 136 Å². The smallest absolute Gasteiger partial charge is 0.305 e. The molecule has 0 spiro atoms. The van der Waals surface area contributed by atoms with E-state index in [2.05, 4.69) is 30.3 Å². The molecule has 0 aliphatic heterocycles. The van der Waals surface area contributed by atoms with Crippen LogP contribution in [0, 0.1) is 5.92 Å². The molecule has 4 aromatic carbocycles. The number of ether oxygens (including phenoxy) is 3. The van der Waals surface area contributed by atoms with Crippen molar-refractivity contribution in [2.75, 3.05) is 6.61 Å². The summed E-state index contributed by atoms with van der Waals surface area (Å²) in [6, 6.07) is 33.2. The first-order chi connectivity index (χ1) is 24.1. The van der Waals surface area contributed by atoms with Crippen LogP contribution in [-0.2, 0) is 25.5 Å². The fourth-order valence-electron chi connectivity index (χ4n) is 4.63. The Morgan fingerprint density at radius 2 is 1.34 bits per heavy atom. The number of halogens is 2. The van der Waals surface area contributed by atoms with Crippen molar-refractivity contribution >= 4 is 35.1 Å². The number of esters is 2. The monoisotopic (exact) mass is 722 g/mol. The topological polar surface area (TPSA) is 82.1 Å². The van der Waals surface area contributed by atoms with Gasteiger partial charge in [-0.3, -0.25) is 9.59 Å². The molecule has 0 bridgehead atoms. The highest BCUT2D eigenvalue weighted by Gasteiger charge is 2.25. The van der Waals surface area contributed by atoms with E-state index in [1.54, 1.807) is 32.0 Å². The zero-order chi connectivity index (χ0) is 36.9. The van der Waals surface area contributed by atoms with Gasteiger partial charge < -0.3 is 19.3 Å². The van der Waals surface area contributed by atoms with Crippen molar-refractivity contribution in [3.63, 3.8) is 0 Å². The number of aliphatic hydroxyl groups excluding tert-OH is 1. The summed E-state index contributed by atoms with van der Waals surface area (Å²) < 4.78 is 16.8. The number of carbonyl (C=O) groups excluding carboxylic acids is 2. The summed E-state index contributed by atoms with van der Waals surface area (Å²) in [6.45, 7) is 11.7. The van der Waals surface area contributed by atoms with Gasteiger partial charge in [-0.15, -0.1) is 0 Å². The molecule has 1 aliphatic carbocycles.